The minimum atomic E-state index is -0.249. The number of thiophene rings is 1. The van der Waals surface area contributed by atoms with Crippen LogP contribution in [0.25, 0.3) is 0 Å². The zero-order chi connectivity index (χ0) is 13.9. The zero-order valence-electron chi connectivity index (χ0n) is 11.2. The van der Waals surface area contributed by atoms with Crippen molar-refractivity contribution in [3.05, 3.63) is 46.2 Å². The first-order valence-electron chi connectivity index (χ1n) is 6.61. The molecule has 0 saturated carbocycles. The third-order valence-corrected chi connectivity index (χ3v) is 4.08. The highest BCUT2D eigenvalue weighted by molar-refractivity contribution is 7.09. The average Bonchev–Trinajstić information content (AvgIpc) is 3.05. The zero-order valence-corrected chi connectivity index (χ0v) is 12.0. The van der Waals surface area contributed by atoms with Gasteiger partial charge in [0.05, 0.1) is 0 Å². The van der Waals surface area contributed by atoms with E-state index in [4.69, 9.17) is 4.74 Å². The minimum absolute atomic E-state index is 0.00254. The van der Waals surface area contributed by atoms with E-state index >= 15 is 0 Å². The van der Waals surface area contributed by atoms with E-state index in [2.05, 4.69) is 10.6 Å². The van der Waals surface area contributed by atoms with Crippen molar-refractivity contribution in [1.29, 1.82) is 0 Å². The van der Waals surface area contributed by atoms with Gasteiger partial charge in [-0.05, 0) is 24.1 Å². The van der Waals surface area contributed by atoms with Crippen LogP contribution in [0.5, 0.6) is 5.75 Å². The number of anilines is 1. The molecule has 20 heavy (non-hydrogen) atoms. The number of benzene rings is 1. The molecule has 0 aliphatic carbocycles. The largest absolute Gasteiger partial charge is 0.488 e. The van der Waals surface area contributed by atoms with Crippen molar-refractivity contribution in [2.24, 2.45) is 0 Å². The number of hydrogen-bond acceptors (Lipinski definition) is 4. The van der Waals surface area contributed by atoms with Crippen LogP contribution in [0.2, 0.25) is 0 Å². The van der Waals surface area contributed by atoms with Crippen LogP contribution in [-0.2, 0) is 11.4 Å². The third-order valence-electron chi connectivity index (χ3n) is 3.23. The second-order valence-electron chi connectivity index (χ2n) is 4.60. The number of amides is 1. The molecule has 0 fully saturated rings. The molecule has 4 nitrogen and oxygen atoms in total. The van der Waals surface area contributed by atoms with Crippen molar-refractivity contribution < 1.29 is 9.53 Å². The van der Waals surface area contributed by atoms with Gasteiger partial charge in [0.25, 0.3) is 0 Å². The highest BCUT2D eigenvalue weighted by Gasteiger charge is 2.29. The summed E-state index contributed by atoms with van der Waals surface area (Å²) >= 11 is 1.67. The Bertz CT molecular complexity index is 610. The van der Waals surface area contributed by atoms with Gasteiger partial charge in [0.2, 0.25) is 5.91 Å². The number of ether oxygens (including phenoxy) is 1. The van der Waals surface area contributed by atoms with Gasteiger partial charge in [-0.15, -0.1) is 11.3 Å². The van der Waals surface area contributed by atoms with Crippen LogP contribution in [0.4, 0.5) is 5.69 Å². The van der Waals surface area contributed by atoms with E-state index in [-0.39, 0.29) is 11.9 Å². The van der Waals surface area contributed by atoms with Crippen LogP contribution in [0.3, 0.4) is 0 Å². The summed E-state index contributed by atoms with van der Waals surface area (Å²) in [4.78, 5) is 13.0. The smallest absolute Gasteiger partial charge is 0.246 e. The van der Waals surface area contributed by atoms with Crippen LogP contribution in [-0.4, -0.2) is 12.5 Å². The summed E-state index contributed by atoms with van der Waals surface area (Å²) in [6, 6.07) is 9.55. The molecule has 0 saturated heterocycles. The van der Waals surface area contributed by atoms with Crippen LogP contribution in [0.15, 0.2) is 35.7 Å². The average molecular weight is 288 g/mol. The van der Waals surface area contributed by atoms with Gasteiger partial charge in [0.15, 0.2) is 0 Å². The molecule has 0 spiro atoms. The molecule has 2 aromatic rings. The summed E-state index contributed by atoms with van der Waals surface area (Å²) in [5, 5.41) is 8.09. The van der Waals surface area contributed by atoms with Crippen LogP contribution in [0, 0.1) is 0 Å². The molecule has 1 atom stereocenters. The molecule has 1 amide bonds. The van der Waals surface area contributed by atoms with E-state index < -0.39 is 0 Å². The maximum Gasteiger partial charge on any atom is 0.246 e. The Labute approximate surface area is 121 Å². The number of rotatable bonds is 5. The third kappa shape index (κ3) is 2.55. The molecule has 104 valence electrons. The summed E-state index contributed by atoms with van der Waals surface area (Å²) in [6.07, 6.45) is 0. The lowest BCUT2D eigenvalue weighted by Crippen LogP contribution is -2.27. The molecule has 2 N–H and O–H groups in total. The van der Waals surface area contributed by atoms with Crippen molar-refractivity contribution in [3.63, 3.8) is 0 Å². The van der Waals surface area contributed by atoms with E-state index in [0.717, 1.165) is 23.5 Å². The molecule has 1 aliphatic rings. The normalized spacial score (nSPS) is 16.9. The predicted molar refractivity (Wildman–Crippen MR) is 80.1 cm³/mol. The lowest BCUT2D eigenvalue weighted by atomic mass is 10.1. The second-order valence-corrected chi connectivity index (χ2v) is 5.63. The molecule has 1 unspecified atom stereocenters. The van der Waals surface area contributed by atoms with E-state index in [1.807, 2.05) is 42.6 Å². The molecule has 2 heterocycles. The fourth-order valence-corrected chi connectivity index (χ4v) is 2.90. The Morgan fingerprint density at radius 1 is 1.40 bits per heavy atom. The molecular weight excluding hydrogens is 272 g/mol. The Morgan fingerprint density at radius 3 is 3.05 bits per heavy atom. The van der Waals surface area contributed by atoms with Crippen LogP contribution in [0.1, 0.15) is 23.4 Å². The second kappa shape index (κ2) is 5.64. The molecule has 0 bridgehead atoms. The number of carbonyl (C=O) groups excluding carboxylic acids is 1. The molecule has 0 radical (unpaired) electrons. The lowest BCUT2D eigenvalue weighted by Gasteiger charge is -2.10. The van der Waals surface area contributed by atoms with Gasteiger partial charge in [0.1, 0.15) is 18.4 Å². The van der Waals surface area contributed by atoms with Crippen molar-refractivity contribution in [1.82, 2.24) is 5.32 Å². The summed E-state index contributed by atoms with van der Waals surface area (Å²) in [5.74, 6) is 0.770. The molecular formula is C15H16N2O2S. The topological polar surface area (TPSA) is 50.4 Å². The Kier molecular flexibility index (Phi) is 3.71. The standard InChI is InChI=1S/C15H16N2O2S/c1-2-16-14-12-6-5-10(8-13(12)17-15(14)18)19-9-11-4-3-7-20-11/h3-8,14,16H,2,9H2,1H3,(H,17,18). The first kappa shape index (κ1) is 13.1. The maximum atomic E-state index is 11.9. The summed E-state index contributed by atoms with van der Waals surface area (Å²) < 4.78 is 5.74. The van der Waals surface area contributed by atoms with Crippen molar-refractivity contribution >= 4 is 22.9 Å². The first-order chi connectivity index (χ1) is 9.78. The lowest BCUT2D eigenvalue weighted by molar-refractivity contribution is -0.117. The summed E-state index contributed by atoms with van der Waals surface area (Å²) in [7, 11) is 0. The molecule has 1 aliphatic heterocycles. The predicted octanol–water partition coefficient (Wildman–Crippen LogP) is 2.93. The number of likely N-dealkylation sites (N-methyl/N-ethyl adjacent to an activating group) is 1. The number of carbonyl (C=O) groups is 1. The monoisotopic (exact) mass is 288 g/mol. The first-order valence-corrected chi connectivity index (χ1v) is 7.49. The quantitative estimate of drug-likeness (QED) is 0.889. The fraction of sp³-hybridized carbons (Fsp3) is 0.267. The summed E-state index contributed by atoms with van der Waals surface area (Å²) in [6.45, 7) is 3.30. The maximum absolute atomic E-state index is 11.9. The van der Waals surface area contributed by atoms with Gasteiger partial charge in [0, 0.05) is 22.2 Å². The Hall–Kier alpha value is -1.85. The van der Waals surface area contributed by atoms with Crippen LogP contribution >= 0.6 is 11.3 Å². The van der Waals surface area contributed by atoms with Gasteiger partial charge in [-0.25, -0.2) is 0 Å². The number of fused-ring (bicyclic) bond motifs is 1. The van der Waals surface area contributed by atoms with Crippen LogP contribution < -0.4 is 15.4 Å². The molecule has 3 rings (SSSR count). The summed E-state index contributed by atoms with van der Waals surface area (Å²) in [5.41, 5.74) is 1.82. The van der Waals surface area contributed by atoms with Gasteiger partial charge in [-0.1, -0.05) is 19.1 Å². The molecule has 1 aromatic carbocycles. The van der Waals surface area contributed by atoms with Crippen molar-refractivity contribution in [2.45, 2.75) is 19.6 Å². The van der Waals surface area contributed by atoms with Gasteiger partial charge >= 0.3 is 0 Å². The number of nitrogens with one attached hydrogen (secondary N) is 2. The fourth-order valence-electron chi connectivity index (χ4n) is 2.29. The highest BCUT2D eigenvalue weighted by atomic mass is 32.1. The van der Waals surface area contributed by atoms with Gasteiger partial charge in [-0.3, -0.25) is 4.79 Å². The van der Waals surface area contributed by atoms with Crippen molar-refractivity contribution in [3.8, 4) is 5.75 Å². The Morgan fingerprint density at radius 2 is 2.30 bits per heavy atom. The molecule has 1 aromatic heterocycles. The highest BCUT2D eigenvalue weighted by Crippen LogP contribution is 2.33. The van der Waals surface area contributed by atoms with E-state index in [0.29, 0.717) is 6.61 Å². The molecule has 5 heteroatoms. The van der Waals surface area contributed by atoms with E-state index in [1.165, 1.54) is 4.88 Å². The van der Waals surface area contributed by atoms with Crippen molar-refractivity contribution in [2.75, 3.05) is 11.9 Å². The Balaban J connectivity index is 1.74. The van der Waals surface area contributed by atoms with E-state index in [9.17, 15) is 4.79 Å². The van der Waals surface area contributed by atoms with Gasteiger partial charge in [-0.2, -0.15) is 0 Å². The van der Waals surface area contributed by atoms with Gasteiger partial charge < -0.3 is 15.4 Å². The van der Waals surface area contributed by atoms with E-state index in [1.54, 1.807) is 11.3 Å². The number of hydrogen-bond donors (Lipinski definition) is 2. The SMILES string of the molecule is CCNC1C(=O)Nc2cc(OCc3cccs3)ccc21. The minimum Gasteiger partial charge on any atom is -0.488 e.